The highest BCUT2D eigenvalue weighted by molar-refractivity contribution is 4.80. The first-order chi connectivity index (χ1) is 7.82. The molecule has 0 aliphatic carbocycles. The van der Waals surface area contributed by atoms with Crippen molar-refractivity contribution in [3.05, 3.63) is 0 Å². The summed E-state index contributed by atoms with van der Waals surface area (Å²) in [6.07, 6.45) is 3.76. The second-order valence-electron chi connectivity index (χ2n) is 6.42. The summed E-state index contributed by atoms with van der Waals surface area (Å²) in [5, 5.41) is 3.67. The van der Waals surface area contributed by atoms with Crippen LogP contribution in [0.5, 0.6) is 0 Å². The monoisotopic (exact) mass is 242 g/mol. The van der Waals surface area contributed by atoms with Gasteiger partial charge in [-0.05, 0) is 38.8 Å². The maximum absolute atomic E-state index is 3.67. The Morgan fingerprint density at radius 2 is 1.71 bits per heavy atom. The van der Waals surface area contributed by atoms with Gasteiger partial charge in [-0.15, -0.1) is 0 Å². The van der Waals surface area contributed by atoms with E-state index in [-0.39, 0.29) is 0 Å². The molecule has 2 atom stereocenters. The summed E-state index contributed by atoms with van der Waals surface area (Å²) < 4.78 is 0. The van der Waals surface area contributed by atoms with E-state index in [1.807, 2.05) is 0 Å². The Morgan fingerprint density at radius 1 is 1.12 bits per heavy atom. The fourth-order valence-corrected chi connectivity index (χ4v) is 2.12. The molecule has 0 aromatic carbocycles. The van der Waals surface area contributed by atoms with Gasteiger partial charge in [-0.3, -0.25) is 0 Å². The zero-order valence-corrected chi connectivity index (χ0v) is 13.1. The van der Waals surface area contributed by atoms with Gasteiger partial charge in [0.05, 0.1) is 0 Å². The normalized spacial score (nSPS) is 16.2. The zero-order chi connectivity index (χ0) is 13.5. The van der Waals surface area contributed by atoms with Crippen molar-refractivity contribution in [1.29, 1.82) is 0 Å². The van der Waals surface area contributed by atoms with Crippen molar-refractivity contribution < 1.29 is 0 Å². The second-order valence-corrected chi connectivity index (χ2v) is 6.42. The van der Waals surface area contributed by atoms with Gasteiger partial charge in [0.15, 0.2) is 0 Å². The van der Waals surface area contributed by atoms with Gasteiger partial charge >= 0.3 is 0 Å². The van der Waals surface area contributed by atoms with Gasteiger partial charge in [0.2, 0.25) is 0 Å². The number of nitrogens with zero attached hydrogens (tertiary/aromatic N) is 1. The summed E-state index contributed by atoms with van der Waals surface area (Å²) in [5.41, 5.74) is 0.357. The number of nitrogens with one attached hydrogen (secondary N) is 1. The molecule has 0 amide bonds. The average Bonchev–Trinajstić information content (AvgIpc) is 2.23. The third kappa shape index (κ3) is 7.05. The Labute approximate surface area is 109 Å². The highest BCUT2D eigenvalue weighted by Gasteiger charge is 2.25. The van der Waals surface area contributed by atoms with E-state index in [1.165, 1.54) is 19.3 Å². The van der Waals surface area contributed by atoms with E-state index >= 15 is 0 Å². The molecule has 0 heterocycles. The number of hydrogen-bond donors (Lipinski definition) is 1. The summed E-state index contributed by atoms with van der Waals surface area (Å²) in [7, 11) is 2.26. The van der Waals surface area contributed by atoms with E-state index in [2.05, 4.69) is 58.8 Å². The largest absolute Gasteiger partial charge is 0.313 e. The van der Waals surface area contributed by atoms with Crippen LogP contribution >= 0.6 is 0 Å². The predicted octanol–water partition coefficient (Wildman–Crippen LogP) is 3.52. The molecule has 2 heteroatoms. The molecular weight excluding hydrogens is 208 g/mol. The average molecular weight is 242 g/mol. The van der Waals surface area contributed by atoms with E-state index in [1.54, 1.807) is 0 Å². The third-order valence-corrected chi connectivity index (χ3v) is 3.74. The highest BCUT2D eigenvalue weighted by Crippen LogP contribution is 2.23. The van der Waals surface area contributed by atoms with Crippen molar-refractivity contribution in [3.8, 4) is 0 Å². The minimum absolute atomic E-state index is 0.357. The van der Waals surface area contributed by atoms with Gasteiger partial charge in [0.25, 0.3) is 0 Å². The van der Waals surface area contributed by atoms with Gasteiger partial charge in [0.1, 0.15) is 0 Å². The van der Waals surface area contributed by atoms with Crippen LogP contribution in [0.3, 0.4) is 0 Å². The molecule has 0 radical (unpaired) electrons. The molecule has 0 aromatic rings. The molecule has 2 unspecified atom stereocenters. The Kier molecular flexibility index (Phi) is 8.06. The molecule has 0 aliphatic heterocycles. The lowest BCUT2D eigenvalue weighted by Crippen LogP contribution is -2.47. The van der Waals surface area contributed by atoms with Crippen LogP contribution in [0.15, 0.2) is 0 Å². The van der Waals surface area contributed by atoms with Crippen molar-refractivity contribution >= 4 is 0 Å². The molecule has 0 spiro atoms. The quantitative estimate of drug-likeness (QED) is 0.700. The summed E-state index contributed by atoms with van der Waals surface area (Å²) in [6.45, 7) is 16.1. The third-order valence-electron chi connectivity index (χ3n) is 3.74. The van der Waals surface area contributed by atoms with Gasteiger partial charge in [-0.2, -0.15) is 0 Å². The maximum atomic E-state index is 3.67. The van der Waals surface area contributed by atoms with Crippen molar-refractivity contribution in [2.45, 2.75) is 72.9 Å². The molecule has 0 aromatic heterocycles. The molecule has 104 valence electrons. The van der Waals surface area contributed by atoms with E-state index in [9.17, 15) is 0 Å². The van der Waals surface area contributed by atoms with Gasteiger partial charge in [-0.1, -0.05) is 41.0 Å². The van der Waals surface area contributed by atoms with Crippen LogP contribution in [0.4, 0.5) is 0 Å². The Hall–Kier alpha value is -0.0800. The standard InChI is InChI=1S/C15H34N2/c1-8-10-14(16-11-9-2)12-17(7)13(3)15(4,5)6/h13-14,16H,8-12H2,1-7H3. The van der Waals surface area contributed by atoms with Crippen LogP contribution in [0, 0.1) is 5.41 Å². The lowest BCUT2D eigenvalue weighted by molar-refractivity contribution is 0.127. The lowest BCUT2D eigenvalue weighted by atomic mass is 9.87. The molecular formula is C15H34N2. The van der Waals surface area contributed by atoms with E-state index in [0.717, 1.165) is 13.1 Å². The number of hydrogen-bond acceptors (Lipinski definition) is 2. The fourth-order valence-electron chi connectivity index (χ4n) is 2.12. The van der Waals surface area contributed by atoms with Crippen LogP contribution in [0.1, 0.15) is 60.8 Å². The minimum Gasteiger partial charge on any atom is -0.313 e. The molecule has 2 nitrogen and oxygen atoms in total. The Morgan fingerprint density at radius 3 is 2.12 bits per heavy atom. The number of rotatable bonds is 8. The first-order valence-corrected chi connectivity index (χ1v) is 7.26. The van der Waals surface area contributed by atoms with Crippen molar-refractivity contribution in [2.24, 2.45) is 5.41 Å². The molecule has 0 rings (SSSR count). The predicted molar refractivity (Wildman–Crippen MR) is 78.5 cm³/mol. The SMILES string of the molecule is CCCNC(CCC)CN(C)C(C)C(C)(C)C. The molecule has 0 fully saturated rings. The second kappa shape index (κ2) is 8.10. The highest BCUT2D eigenvalue weighted by atomic mass is 15.2. The van der Waals surface area contributed by atoms with Crippen LogP contribution in [0.25, 0.3) is 0 Å². The van der Waals surface area contributed by atoms with Crippen molar-refractivity contribution in [2.75, 3.05) is 20.1 Å². The molecule has 17 heavy (non-hydrogen) atoms. The zero-order valence-electron chi connectivity index (χ0n) is 13.1. The molecule has 0 saturated heterocycles. The topological polar surface area (TPSA) is 15.3 Å². The summed E-state index contributed by atoms with van der Waals surface area (Å²) in [4.78, 5) is 2.50. The fraction of sp³-hybridized carbons (Fsp3) is 1.00. The maximum Gasteiger partial charge on any atom is 0.0194 e. The van der Waals surface area contributed by atoms with Crippen LogP contribution in [-0.4, -0.2) is 37.1 Å². The van der Waals surface area contributed by atoms with E-state index in [4.69, 9.17) is 0 Å². The van der Waals surface area contributed by atoms with Crippen LogP contribution < -0.4 is 5.32 Å². The Balaban J connectivity index is 4.23. The van der Waals surface area contributed by atoms with Gasteiger partial charge in [-0.25, -0.2) is 0 Å². The van der Waals surface area contributed by atoms with Gasteiger partial charge in [0, 0.05) is 18.6 Å². The summed E-state index contributed by atoms with van der Waals surface area (Å²) in [5.74, 6) is 0. The molecule has 0 aliphatic rings. The smallest absolute Gasteiger partial charge is 0.0194 e. The van der Waals surface area contributed by atoms with Crippen molar-refractivity contribution in [1.82, 2.24) is 10.2 Å². The van der Waals surface area contributed by atoms with Crippen LogP contribution in [-0.2, 0) is 0 Å². The molecule has 0 bridgehead atoms. The van der Waals surface area contributed by atoms with Crippen molar-refractivity contribution in [3.63, 3.8) is 0 Å². The van der Waals surface area contributed by atoms with E-state index < -0.39 is 0 Å². The molecule has 1 N–H and O–H groups in total. The van der Waals surface area contributed by atoms with Crippen LogP contribution in [0.2, 0.25) is 0 Å². The minimum atomic E-state index is 0.357. The van der Waals surface area contributed by atoms with Gasteiger partial charge < -0.3 is 10.2 Å². The Bertz CT molecular complexity index is 184. The van der Waals surface area contributed by atoms with E-state index in [0.29, 0.717) is 17.5 Å². The summed E-state index contributed by atoms with van der Waals surface area (Å²) >= 11 is 0. The first-order valence-electron chi connectivity index (χ1n) is 7.26. The number of likely N-dealkylation sites (N-methyl/N-ethyl adjacent to an activating group) is 1. The lowest BCUT2D eigenvalue weighted by Gasteiger charge is -2.37. The molecule has 0 saturated carbocycles. The first kappa shape index (κ1) is 16.9. The summed E-state index contributed by atoms with van der Waals surface area (Å²) in [6, 6.07) is 1.26.